The highest BCUT2D eigenvalue weighted by atomic mass is 16.5. The molecule has 2 rings (SSSR count). The van der Waals surface area contributed by atoms with Crippen molar-refractivity contribution in [3.8, 4) is 11.5 Å². The summed E-state index contributed by atoms with van der Waals surface area (Å²) in [5.74, 6) is 0.228. The van der Waals surface area contributed by atoms with Crippen molar-refractivity contribution in [2.24, 2.45) is 0 Å². The second-order valence-electron chi connectivity index (χ2n) is 5.94. The molecule has 0 aliphatic heterocycles. The number of carbonyl (C=O) groups is 2. The van der Waals surface area contributed by atoms with E-state index in [2.05, 4.69) is 10.9 Å². The van der Waals surface area contributed by atoms with Gasteiger partial charge in [-0.25, -0.2) is 0 Å². The van der Waals surface area contributed by atoms with E-state index in [1.165, 1.54) is 7.11 Å². The van der Waals surface area contributed by atoms with E-state index >= 15 is 0 Å². The highest BCUT2D eigenvalue weighted by Crippen LogP contribution is 2.28. The molecule has 2 aromatic carbocycles. The summed E-state index contributed by atoms with van der Waals surface area (Å²) in [5, 5.41) is 0. The van der Waals surface area contributed by atoms with Gasteiger partial charge in [0.15, 0.2) is 11.5 Å². The van der Waals surface area contributed by atoms with Crippen LogP contribution in [0.3, 0.4) is 0 Å². The number of ether oxygens (including phenoxy) is 2. The van der Waals surface area contributed by atoms with E-state index < -0.39 is 5.91 Å². The summed E-state index contributed by atoms with van der Waals surface area (Å²) in [5.41, 5.74) is 7.63. The number of amides is 2. The molecule has 0 aliphatic rings. The smallest absolute Gasteiger partial charge is 0.269 e. The Morgan fingerprint density at radius 2 is 1.69 bits per heavy atom. The van der Waals surface area contributed by atoms with Crippen LogP contribution >= 0.6 is 0 Å². The largest absolute Gasteiger partial charge is 0.493 e. The normalized spacial score (nSPS) is 10.2. The molecule has 2 aromatic rings. The van der Waals surface area contributed by atoms with Gasteiger partial charge in [-0.3, -0.25) is 20.4 Å². The number of carbonyl (C=O) groups excluding carboxylic acids is 2. The van der Waals surface area contributed by atoms with Crippen LogP contribution in [0.25, 0.3) is 0 Å². The van der Waals surface area contributed by atoms with Crippen LogP contribution in [0.4, 0.5) is 0 Å². The zero-order chi connectivity index (χ0) is 19.1. The topological polar surface area (TPSA) is 76.7 Å². The van der Waals surface area contributed by atoms with E-state index in [-0.39, 0.29) is 5.91 Å². The van der Waals surface area contributed by atoms with Crippen molar-refractivity contribution in [1.82, 2.24) is 10.9 Å². The molecule has 6 nitrogen and oxygen atoms in total. The Kier molecular flexibility index (Phi) is 6.60. The number of benzene rings is 2. The SMILES string of the molecule is CCCOc1ccc(C(=O)NNC(=O)c2ccc(C)cc2C)cc1OC. The van der Waals surface area contributed by atoms with Crippen LogP contribution in [0.5, 0.6) is 11.5 Å². The Hall–Kier alpha value is -3.02. The first-order valence-corrected chi connectivity index (χ1v) is 8.45. The molecule has 0 atom stereocenters. The van der Waals surface area contributed by atoms with Crippen molar-refractivity contribution >= 4 is 11.8 Å². The predicted molar refractivity (Wildman–Crippen MR) is 99.6 cm³/mol. The molecule has 0 radical (unpaired) electrons. The lowest BCUT2D eigenvalue weighted by Crippen LogP contribution is -2.41. The van der Waals surface area contributed by atoms with Gasteiger partial charge in [-0.2, -0.15) is 0 Å². The molecule has 2 amide bonds. The fourth-order valence-corrected chi connectivity index (χ4v) is 2.46. The van der Waals surface area contributed by atoms with Crippen molar-refractivity contribution in [3.05, 3.63) is 58.7 Å². The molecular formula is C20H24N2O4. The van der Waals surface area contributed by atoms with E-state index in [0.29, 0.717) is 29.2 Å². The third-order valence-corrected chi connectivity index (χ3v) is 3.80. The Bertz CT molecular complexity index is 802. The Morgan fingerprint density at radius 3 is 2.35 bits per heavy atom. The van der Waals surface area contributed by atoms with Crippen LogP contribution in [0.2, 0.25) is 0 Å². The summed E-state index contributed by atoms with van der Waals surface area (Å²) in [4.78, 5) is 24.5. The minimum absolute atomic E-state index is 0.353. The number of methoxy groups -OCH3 is 1. The lowest BCUT2D eigenvalue weighted by atomic mass is 10.1. The summed E-state index contributed by atoms with van der Waals surface area (Å²) >= 11 is 0. The van der Waals surface area contributed by atoms with Gasteiger partial charge in [-0.15, -0.1) is 0 Å². The zero-order valence-electron chi connectivity index (χ0n) is 15.5. The Balaban J connectivity index is 2.04. The summed E-state index contributed by atoms with van der Waals surface area (Å²) in [7, 11) is 1.51. The first-order valence-electron chi connectivity index (χ1n) is 8.45. The van der Waals surface area contributed by atoms with E-state index in [4.69, 9.17) is 9.47 Å². The quantitative estimate of drug-likeness (QED) is 0.780. The monoisotopic (exact) mass is 356 g/mol. The molecule has 138 valence electrons. The fourth-order valence-electron chi connectivity index (χ4n) is 2.46. The van der Waals surface area contributed by atoms with Gasteiger partial charge in [0, 0.05) is 11.1 Å². The molecule has 0 spiro atoms. The molecule has 0 heterocycles. The van der Waals surface area contributed by atoms with Gasteiger partial charge < -0.3 is 9.47 Å². The highest BCUT2D eigenvalue weighted by Gasteiger charge is 2.13. The highest BCUT2D eigenvalue weighted by molar-refractivity contribution is 6.00. The van der Waals surface area contributed by atoms with Crippen molar-refractivity contribution in [3.63, 3.8) is 0 Å². The van der Waals surface area contributed by atoms with Crippen LogP contribution < -0.4 is 20.3 Å². The molecule has 0 aliphatic carbocycles. The van der Waals surface area contributed by atoms with Gasteiger partial charge in [-0.05, 0) is 50.1 Å². The van der Waals surface area contributed by atoms with E-state index in [1.807, 2.05) is 32.9 Å². The van der Waals surface area contributed by atoms with Gasteiger partial charge in [-0.1, -0.05) is 24.6 Å². The molecule has 0 unspecified atom stereocenters. The summed E-state index contributed by atoms with van der Waals surface area (Å²) in [6, 6.07) is 10.4. The molecule has 26 heavy (non-hydrogen) atoms. The summed E-state index contributed by atoms with van der Waals surface area (Å²) in [6.45, 7) is 6.38. The summed E-state index contributed by atoms with van der Waals surface area (Å²) < 4.78 is 10.8. The van der Waals surface area contributed by atoms with Gasteiger partial charge >= 0.3 is 0 Å². The number of nitrogens with one attached hydrogen (secondary N) is 2. The maximum absolute atomic E-state index is 12.3. The molecule has 0 saturated heterocycles. The van der Waals surface area contributed by atoms with Crippen LogP contribution in [0, 0.1) is 13.8 Å². The van der Waals surface area contributed by atoms with Crippen molar-refractivity contribution in [1.29, 1.82) is 0 Å². The van der Waals surface area contributed by atoms with Gasteiger partial charge in [0.05, 0.1) is 13.7 Å². The minimum Gasteiger partial charge on any atom is -0.493 e. The minimum atomic E-state index is -0.441. The maximum atomic E-state index is 12.3. The predicted octanol–water partition coefficient (Wildman–Crippen LogP) is 3.18. The average Bonchev–Trinajstić information content (AvgIpc) is 2.63. The number of aryl methyl sites for hydroxylation is 2. The fraction of sp³-hybridized carbons (Fsp3) is 0.300. The van der Waals surface area contributed by atoms with Gasteiger partial charge in [0.2, 0.25) is 0 Å². The third kappa shape index (κ3) is 4.75. The number of hydrazine groups is 1. The molecule has 6 heteroatoms. The Labute approximate surface area is 153 Å². The van der Waals surface area contributed by atoms with Crippen molar-refractivity contribution in [2.75, 3.05) is 13.7 Å². The number of hydrogen-bond donors (Lipinski definition) is 2. The molecule has 2 N–H and O–H groups in total. The van der Waals surface area contributed by atoms with Crippen molar-refractivity contribution < 1.29 is 19.1 Å². The standard InChI is InChI=1S/C20H24N2O4/c1-5-10-26-17-9-7-15(12-18(17)25-4)19(23)21-22-20(24)16-8-6-13(2)11-14(16)3/h6-9,11-12H,5,10H2,1-4H3,(H,21,23)(H,22,24). The van der Waals surface area contributed by atoms with E-state index in [9.17, 15) is 9.59 Å². The van der Waals surface area contributed by atoms with E-state index in [1.54, 1.807) is 24.3 Å². The third-order valence-electron chi connectivity index (χ3n) is 3.80. The number of hydrogen-bond acceptors (Lipinski definition) is 4. The van der Waals surface area contributed by atoms with Crippen LogP contribution in [-0.4, -0.2) is 25.5 Å². The first-order chi connectivity index (χ1) is 12.5. The maximum Gasteiger partial charge on any atom is 0.269 e. The van der Waals surface area contributed by atoms with E-state index in [0.717, 1.165) is 17.5 Å². The Morgan fingerprint density at radius 1 is 0.962 bits per heavy atom. The van der Waals surface area contributed by atoms with Crippen LogP contribution in [0.1, 0.15) is 45.2 Å². The molecule has 0 bridgehead atoms. The number of rotatable bonds is 6. The molecular weight excluding hydrogens is 332 g/mol. The first kappa shape index (κ1) is 19.3. The second kappa shape index (κ2) is 8.89. The molecule has 0 saturated carbocycles. The van der Waals surface area contributed by atoms with Crippen molar-refractivity contribution in [2.45, 2.75) is 27.2 Å². The van der Waals surface area contributed by atoms with Crippen LogP contribution in [0.15, 0.2) is 36.4 Å². The van der Waals surface area contributed by atoms with Gasteiger partial charge in [0.1, 0.15) is 0 Å². The second-order valence-corrected chi connectivity index (χ2v) is 5.94. The van der Waals surface area contributed by atoms with Gasteiger partial charge in [0.25, 0.3) is 11.8 Å². The molecule has 0 fully saturated rings. The lowest BCUT2D eigenvalue weighted by molar-refractivity contribution is 0.0846. The van der Waals surface area contributed by atoms with Crippen LogP contribution in [-0.2, 0) is 0 Å². The zero-order valence-corrected chi connectivity index (χ0v) is 15.5. The summed E-state index contributed by atoms with van der Waals surface area (Å²) in [6.07, 6.45) is 0.871. The molecule has 0 aromatic heterocycles. The average molecular weight is 356 g/mol. The lowest BCUT2D eigenvalue weighted by Gasteiger charge is -2.12.